The number of unbranched alkanes of at least 4 members (excludes halogenated alkanes) is 1. The lowest BCUT2D eigenvalue weighted by Gasteiger charge is -2.32. The number of nitrogens with zero attached hydrogens (tertiary/aromatic N) is 3. The van der Waals surface area contributed by atoms with Crippen molar-refractivity contribution in [2.24, 2.45) is 0 Å². The van der Waals surface area contributed by atoms with Crippen LogP contribution < -0.4 is 4.74 Å². The van der Waals surface area contributed by atoms with Crippen LogP contribution in [0.2, 0.25) is 0 Å². The van der Waals surface area contributed by atoms with Crippen molar-refractivity contribution in [3.63, 3.8) is 0 Å². The van der Waals surface area contributed by atoms with Crippen LogP contribution in [-0.2, 0) is 22.9 Å². The number of likely N-dealkylation sites (tertiary alicyclic amines) is 1. The molecule has 0 amide bonds. The summed E-state index contributed by atoms with van der Waals surface area (Å²) in [5, 5.41) is 0.182. The fourth-order valence-corrected chi connectivity index (χ4v) is 4.60. The highest BCUT2D eigenvalue weighted by Gasteiger charge is 2.25. The summed E-state index contributed by atoms with van der Waals surface area (Å²) in [5.74, 6) is 0.0198. The molecule has 3 rings (SSSR count). The van der Waals surface area contributed by atoms with E-state index < -0.39 is 9.84 Å². The first-order valence-corrected chi connectivity index (χ1v) is 12.0. The van der Waals surface area contributed by atoms with Crippen LogP contribution >= 0.6 is 0 Å². The van der Waals surface area contributed by atoms with E-state index in [0.717, 1.165) is 44.5 Å². The number of hydrogen-bond acceptors (Lipinski definition) is 5. The number of rotatable bonds is 9. The molecule has 0 saturated carbocycles. The van der Waals surface area contributed by atoms with E-state index in [0.29, 0.717) is 18.8 Å². The lowest BCUT2D eigenvalue weighted by molar-refractivity contribution is 0.0921. The molecular formula is C21H30FN3O3S. The maximum atomic E-state index is 13.8. The number of benzene rings is 1. The van der Waals surface area contributed by atoms with Crippen molar-refractivity contribution in [2.75, 3.05) is 18.8 Å². The van der Waals surface area contributed by atoms with E-state index in [1.54, 1.807) is 31.3 Å². The van der Waals surface area contributed by atoms with Crippen LogP contribution in [0.25, 0.3) is 0 Å². The molecule has 1 aliphatic heterocycles. The molecule has 2 heterocycles. The van der Waals surface area contributed by atoms with Crippen molar-refractivity contribution in [2.45, 2.75) is 63.9 Å². The van der Waals surface area contributed by atoms with E-state index in [1.165, 1.54) is 6.07 Å². The Labute approximate surface area is 172 Å². The number of ether oxygens (including phenoxy) is 1. The average molecular weight is 424 g/mol. The van der Waals surface area contributed by atoms with Crippen molar-refractivity contribution < 1.29 is 17.5 Å². The molecule has 160 valence electrons. The zero-order valence-electron chi connectivity index (χ0n) is 17.2. The number of hydrogen-bond donors (Lipinski definition) is 0. The summed E-state index contributed by atoms with van der Waals surface area (Å²) in [5.41, 5.74) is 0.930. The van der Waals surface area contributed by atoms with Crippen LogP contribution in [0.4, 0.5) is 4.39 Å². The van der Waals surface area contributed by atoms with Gasteiger partial charge in [-0.05, 0) is 31.4 Å². The second-order valence-corrected chi connectivity index (χ2v) is 9.64. The molecule has 0 radical (unpaired) electrons. The van der Waals surface area contributed by atoms with Crippen molar-refractivity contribution in [3.8, 4) is 5.75 Å². The third-order valence-electron chi connectivity index (χ3n) is 5.35. The van der Waals surface area contributed by atoms with Gasteiger partial charge in [0.15, 0.2) is 11.6 Å². The van der Waals surface area contributed by atoms with Gasteiger partial charge in [0.25, 0.3) is 0 Å². The molecule has 0 atom stereocenters. The molecular weight excluding hydrogens is 393 g/mol. The third kappa shape index (κ3) is 5.36. The predicted octanol–water partition coefficient (Wildman–Crippen LogP) is 3.66. The van der Waals surface area contributed by atoms with Crippen molar-refractivity contribution in [3.05, 3.63) is 42.0 Å². The summed E-state index contributed by atoms with van der Waals surface area (Å²) >= 11 is 0. The lowest BCUT2D eigenvalue weighted by atomic mass is 10.1. The first-order valence-electron chi connectivity index (χ1n) is 10.3. The molecule has 0 spiro atoms. The topological polar surface area (TPSA) is 64.4 Å². The van der Waals surface area contributed by atoms with Gasteiger partial charge < -0.3 is 9.30 Å². The molecule has 2 aromatic rings. The Bertz CT molecular complexity index is 906. The molecule has 1 fully saturated rings. The van der Waals surface area contributed by atoms with Crippen molar-refractivity contribution in [1.29, 1.82) is 0 Å². The number of halogens is 1. The van der Waals surface area contributed by atoms with Crippen LogP contribution in [0.1, 0.15) is 45.2 Å². The Morgan fingerprint density at radius 2 is 1.93 bits per heavy atom. The molecule has 1 aliphatic rings. The highest BCUT2D eigenvalue weighted by Crippen LogP contribution is 2.23. The summed E-state index contributed by atoms with van der Waals surface area (Å²) in [4.78, 5) is 6.52. The molecule has 1 saturated heterocycles. The van der Waals surface area contributed by atoms with Crippen molar-refractivity contribution >= 4 is 9.84 Å². The Morgan fingerprint density at radius 1 is 1.21 bits per heavy atom. The fraction of sp³-hybridized carbons (Fsp3) is 0.571. The highest BCUT2D eigenvalue weighted by molar-refractivity contribution is 7.91. The van der Waals surface area contributed by atoms with E-state index in [1.807, 2.05) is 4.57 Å². The van der Waals surface area contributed by atoms with Crippen LogP contribution in [0, 0.1) is 5.82 Å². The molecule has 8 heteroatoms. The molecule has 1 aromatic carbocycles. The zero-order valence-corrected chi connectivity index (χ0v) is 18.0. The third-order valence-corrected chi connectivity index (χ3v) is 6.99. The van der Waals surface area contributed by atoms with Crippen LogP contribution in [0.15, 0.2) is 35.6 Å². The predicted molar refractivity (Wildman–Crippen MR) is 110 cm³/mol. The summed E-state index contributed by atoms with van der Waals surface area (Å²) in [6.45, 7) is 6.68. The monoisotopic (exact) mass is 423 g/mol. The van der Waals surface area contributed by atoms with Crippen LogP contribution in [-0.4, -0.2) is 47.8 Å². The quantitative estimate of drug-likeness (QED) is 0.616. The minimum Gasteiger partial charge on any atom is -0.487 e. The maximum Gasteiger partial charge on any atom is 0.227 e. The average Bonchev–Trinajstić information content (AvgIpc) is 3.12. The highest BCUT2D eigenvalue weighted by atomic mass is 32.2. The zero-order chi connectivity index (χ0) is 20.9. The number of sulfone groups is 1. The van der Waals surface area contributed by atoms with Gasteiger partial charge in [-0.25, -0.2) is 17.8 Å². The lowest BCUT2D eigenvalue weighted by Crippen LogP contribution is -2.38. The van der Waals surface area contributed by atoms with Crippen molar-refractivity contribution in [1.82, 2.24) is 14.5 Å². The SMILES string of the molecule is CCCCn1c(CN2CCC(Oc3ccccc3F)CC2)cnc1S(=O)(=O)CC. The number of para-hydroxylation sites is 1. The molecule has 0 aliphatic carbocycles. The van der Waals surface area contributed by atoms with Gasteiger partial charge in [0.1, 0.15) is 6.10 Å². The van der Waals surface area contributed by atoms with Gasteiger partial charge in [0, 0.05) is 26.2 Å². The molecule has 29 heavy (non-hydrogen) atoms. The van der Waals surface area contributed by atoms with Gasteiger partial charge in [0.05, 0.1) is 17.6 Å². The summed E-state index contributed by atoms with van der Waals surface area (Å²) in [6.07, 6.45) is 5.19. The van der Waals surface area contributed by atoms with Gasteiger partial charge in [-0.1, -0.05) is 32.4 Å². The summed E-state index contributed by atoms with van der Waals surface area (Å²) in [6, 6.07) is 6.49. The first kappa shape index (κ1) is 21.8. The van der Waals surface area contributed by atoms with Gasteiger partial charge in [0.2, 0.25) is 15.0 Å². The molecule has 1 aromatic heterocycles. The van der Waals surface area contributed by atoms with E-state index in [9.17, 15) is 12.8 Å². The first-order chi connectivity index (χ1) is 13.9. The van der Waals surface area contributed by atoms with E-state index >= 15 is 0 Å². The standard InChI is InChI=1S/C21H30FN3O3S/c1-3-5-12-25-17(15-23-21(25)29(26,27)4-2)16-24-13-10-18(11-14-24)28-20-9-7-6-8-19(20)22/h6-9,15,18H,3-5,10-14,16H2,1-2H3. The molecule has 0 unspecified atom stereocenters. The van der Waals surface area contributed by atoms with Gasteiger partial charge in [-0.3, -0.25) is 4.90 Å². The van der Waals surface area contributed by atoms with Gasteiger partial charge >= 0.3 is 0 Å². The van der Waals surface area contributed by atoms with Crippen LogP contribution in [0.3, 0.4) is 0 Å². The number of piperidine rings is 1. The smallest absolute Gasteiger partial charge is 0.227 e. The molecule has 0 N–H and O–H groups in total. The van der Waals surface area contributed by atoms with E-state index in [-0.39, 0.29) is 22.8 Å². The Balaban J connectivity index is 1.63. The van der Waals surface area contributed by atoms with E-state index in [2.05, 4.69) is 16.8 Å². The Hall–Kier alpha value is -1.93. The fourth-order valence-electron chi connectivity index (χ4n) is 3.59. The molecule has 0 bridgehead atoms. The van der Waals surface area contributed by atoms with Crippen LogP contribution in [0.5, 0.6) is 5.75 Å². The summed E-state index contributed by atoms with van der Waals surface area (Å²) in [7, 11) is -3.35. The Morgan fingerprint density at radius 3 is 2.59 bits per heavy atom. The minimum atomic E-state index is -3.35. The van der Waals surface area contributed by atoms with E-state index in [4.69, 9.17) is 4.74 Å². The van der Waals surface area contributed by atoms with Gasteiger partial charge in [-0.15, -0.1) is 0 Å². The second kappa shape index (κ2) is 9.71. The normalized spacial score (nSPS) is 16.2. The molecule has 6 nitrogen and oxygen atoms in total. The van der Waals surface area contributed by atoms with Gasteiger partial charge in [-0.2, -0.15) is 0 Å². The second-order valence-electron chi connectivity index (χ2n) is 7.46. The summed E-state index contributed by atoms with van der Waals surface area (Å²) < 4.78 is 46.3. The maximum absolute atomic E-state index is 13.8. The number of aromatic nitrogens is 2. The Kier molecular flexibility index (Phi) is 7.29. The number of imidazole rings is 1. The minimum absolute atomic E-state index is 0.0100. The largest absolute Gasteiger partial charge is 0.487 e.